The zero-order chi connectivity index (χ0) is 26.2. The second kappa shape index (κ2) is 12.4. The molecule has 0 spiro atoms. The molecule has 0 bridgehead atoms. The van der Waals surface area contributed by atoms with Crippen LogP contribution in [-0.4, -0.2) is 69.5 Å². The van der Waals surface area contributed by atoms with Crippen LogP contribution in [0.15, 0.2) is 60.7 Å². The van der Waals surface area contributed by atoms with E-state index in [9.17, 15) is 4.79 Å². The van der Waals surface area contributed by atoms with Gasteiger partial charge in [-0.15, -0.1) is 29.9 Å². The van der Waals surface area contributed by atoms with Crippen molar-refractivity contribution in [3.05, 3.63) is 77.6 Å². The van der Waals surface area contributed by atoms with E-state index in [0.717, 1.165) is 54.7 Å². The van der Waals surface area contributed by atoms with Crippen molar-refractivity contribution in [2.75, 3.05) is 37.7 Å². The third-order valence-corrected chi connectivity index (χ3v) is 7.61. The summed E-state index contributed by atoms with van der Waals surface area (Å²) >= 11 is 0. The Hall–Kier alpha value is -3.46. The third kappa shape index (κ3) is 5.44. The lowest BCUT2D eigenvalue weighted by Gasteiger charge is -2.41. The van der Waals surface area contributed by atoms with Crippen LogP contribution in [0.5, 0.6) is 0 Å². The van der Waals surface area contributed by atoms with Crippen molar-refractivity contribution in [1.82, 2.24) is 24.7 Å². The Morgan fingerprint density at radius 3 is 2.58 bits per heavy atom. The van der Waals surface area contributed by atoms with Crippen LogP contribution in [-0.2, 0) is 11.2 Å². The summed E-state index contributed by atoms with van der Waals surface area (Å²) in [5, 5.41) is 10.7. The number of aryl methyl sites for hydroxylation is 1. The van der Waals surface area contributed by atoms with E-state index in [-0.39, 0.29) is 30.5 Å². The van der Waals surface area contributed by atoms with Gasteiger partial charge in [0, 0.05) is 54.4 Å². The predicted molar refractivity (Wildman–Crippen MR) is 164 cm³/mol. The van der Waals surface area contributed by atoms with E-state index in [2.05, 4.69) is 75.6 Å². The summed E-state index contributed by atoms with van der Waals surface area (Å²) in [5.74, 6) is -0.444. The number of pyridine rings is 2. The Morgan fingerprint density at radius 1 is 0.975 bits per heavy atom. The molecule has 1 fully saturated rings. The number of ether oxygens (including phenoxy) is 1. The molecule has 6 rings (SSSR count). The van der Waals surface area contributed by atoms with Crippen LogP contribution in [0.1, 0.15) is 35.6 Å². The van der Waals surface area contributed by atoms with Gasteiger partial charge >= 0.3 is 5.97 Å². The van der Waals surface area contributed by atoms with Gasteiger partial charge in [0.2, 0.25) is 0 Å². The molecule has 1 aliphatic heterocycles. The summed E-state index contributed by atoms with van der Waals surface area (Å²) in [4.78, 5) is 22.1. The summed E-state index contributed by atoms with van der Waals surface area (Å²) in [6.45, 7) is 10.4. The maximum atomic E-state index is 12.3. The van der Waals surface area contributed by atoms with Gasteiger partial charge in [-0.2, -0.15) is 0 Å². The fourth-order valence-electron chi connectivity index (χ4n) is 5.65. The SMILES string of the molecule is CCOC(=O)c1nnn2c1ccc1c(CCN3CCN(c4cccc5nc(C)ccc45)C[C@H]3C)cccc12.Cl.Cl. The van der Waals surface area contributed by atoms with Gasteiger partial charge in [-0.3, -0.25) is 9.88 Å². The molecule has 5 aromatic rings. The average Bonchev–Trinajstić information content (AvgIpc) is 3.37. The molecule has 8 nitrogen and oxygen atoms in total. The molecule has 0 aliphatic carbocycles. The first-order valence-electron chi connectivity index (χ1n) is 13.3. The number of carbonyl (C=O) groups excluding carboxylic acids is 1. The van der Waals surface area contributed by atoms with Crippen LogP contribution in [0.25, 0.3) is 27.3 Å². The maximum Gasteiger partial charge on any atom is 0.361 e. The van der Waals surface area contributed by atoms with E-state index in [4.69, 9.17) is 9.72 Å². The summed E-state index contributed by atoms with van der Waals surface area (Å²) in [7, 11) is 0. The minimum absolute atomic E-state index is 0. The zero-order valence-corrected chi connectivity index (χ0v) is 24.5. The van der Waals surface area contributed by atoms with Crippen LogP contribution >= 0.6 is 24.8 Å². The van der Waals surface area contributed by atoms with E-state index >= 15 is 0 Å². The Balaban J connectivity index is 0.00000185. The fraction of sp³-hybridized carbons (Fsp3) is 0.333. The van der Waals surface area contributed by atoms with Gasteiger partial charge in [0.15, 0.2) is 5.69 Å². The Kier molecular flexibility index (Phi) is 9.13. The van der Waals surface area contributed by atoms with Crippen LogP contribution in [0.2, 0.25) is 0 Å². The second-order valence-electron chi connectivity index (χ2n) is 10.0. The number of rotatable bonds is 6. The standard InChI is InChI=1S/C30H32N6O2.2ClH/c1-4-38-30(37)29-28-14-13-23-22(7-5-10-27(23)36(28)33-32-29)15-16-34-17-18-35(19-21(34)3)26-9-6-8-25-24(26)12-11-20(2)31-25;;/h5-14,21H,4,15-19H2,1-3H3;2*1H/t21-;;/m1../s1. The van der Waals surface area contributed by atoms with Gasteiger partial charge < -0.3 is 9.64 Å². The molecule has 10 heteroatoms. The summed E-state index contributed by atoms with van der Waals surface area (Å²) < 4.78 is 6.88. The highest BCUT2D eigenvalue weighted by Crippen LogP contribution is 2.29. The van der Waals surface area contributed by atoms with Crippen molar-refractivity contribution >= 4 is 63.8 Å². The molecule has 40 heavy (non-hydrogen) atoms. The quantitative estimate of drug-likeness (QED) is 0.245. The first-order chi connectivity index (χ1) is 18.5. The van der Waals surface area contributed by atoms with Crippen LogP contribution < -0.4 is 4.90 Å². The van der Waals surface area contributed by atoms with E-state index in [0.29, 0.717) is 18.2 Å². The minimum atomic E-state index is -0.444. The smallest absolute Gasteiger partial charge is 0.361 e. The first kappa shape index (κ1) is 29.5. The molecule has 0 radical (unpaired) electrons. The number of esters is 1. The number of fused-ring (bicyclic) bond motifs is 4. The first-order valence-corrected chi connectivity index (χ1v) is 13.3. The molecule has 2 aromatic carbocycles. The molecule has 4 heterocycles. The minimum Gasteiger partial charge on any atom is -0.461 e. The lowest BCUT2D eigenvalue weighted by Crippen LogP contribution is -2.52. The van der Waals surface area contributed by atoms with Gasteiger partial charge in [0.05, 0.1) is 17.6 Å². The summed E-state index contributed by atoms with van der Waals surface area (Å²) in [6.07, 6.45) is 0.935. The number of anilines is 1. The molecule has 3 aromatic heterocycles. The lowest BCUT2D eigenvalue weighted by atomic mass is 10.0. The molecule has 0 amide bonds. The van der Waals surface area contributed by atoms with E-state index < -0.39 is 5.97 Å². The Labute approximate surface area is 246 Å². The normalized spacial score (nSPS) is 15.7. The topological polar surface area (TPSA) is 75.9 Å². The van der Waals surface area contributed by atoms with Gasteiger partial charge in [-0.05, 0) is 69.2 Å². The van der Waals surface area contributed by atoms with Crippen LogP contribution in [0, 0.1) is 6.92 Å². The molecule has 0 unspecified atom stereocenters. The van der Waals surface area contributed by atoms with Gasteiger partial charge in [0.25, 0.3) is 0 Å². The highest BCUT2D eigenvalue weighted by Gasteiger charge is 2.25. The fourth-order valence-corrected chi connectivity index (χ4v) is 5.65. The highest BCUT2D eigenvalue weighted by molar-refractivity contribution is 5.97. The molecule has 210 valence electrons. The predicted octanol–water partition coefficient (Wildman–Crippen LogP) is 5.51. The van der Waals surface area contributed by atoms with E-state index in [1.807, 2.05) is 19.1 Å². The number of benzene rings is 2. The number of hydrogen-bond acceptors (Lipinski definition) is 7. The second-order valence-corrected chi connectivity index (χ2v) is 10.0. The van der Waals surface area contributed by atoms with Crippen molar-refractivity contribution in [1.29, 1.82) is 0 Å². The van der Waals surface area contributed by atoms with Crippen molar-refractivity contribution in [2.24, 2.45) is 0 Å². The molecular formula is C30H34Cl2N6O2. The van der Waals surface area contributed by atoms with Crippen LogP contribution in [0.3, 0.4) is 0 Å². The number of carbonyl (C=O) groups is 1. The molecule has 1 aliphatic rings. The number of hydrogen-bond donors (Lipinski definition) is 0. The summed E-state index contributed by atoms with van der Waals surface area (Å²) in [6, 6.07) is 21.4. The highest BCUT2D eigenvalue weighted by atomic mass is 35.5. The average molecular weight is 582 g/mol. The zero-order valence-electron chi connectivity index (χ0n) is 22.9. The third-order valence-electron chi connectivity index (χ3n) is 7.61. The lowest BCUT2D eigenvalue weighted by molar-refractivity contribution is 0.0521. The van der Waals surface area contributed by atoms with Crippen LogP contribution in [0.4, 0.5) is 5.69 Å². The molecule has 0 saturated carbocycles. The van der Waals surface area contributed by atoms with E-state index in [1.165, 1.54) is 16.6 Å². The Bertz CT molecular complexity index is 1660. The van der Waals surface area contributed by atoms with Crippen molar-refractivity contribution in [3.63, 3.8) is 0 Å². The molecular weight excluding hydrogens is 547 g/mol. The number of aromatic nitrogens is 4. The Morgan fingerprint density at radius 2 is 1.77 bits per heavy atom. The van der Waals surface area contributed by atoms with Crippen molar-refractivity contribution in [3.8, 4) is 0 Å². The molecule has 1 saturated heterocycles. The number of halogens is 2. The van der Waals surface area contributed by atoms with Gasteiger partial charge in [-0.1, -0.05) is 29.5 Å². The maximum absolute atomic E-state index is 12.3. The largest absolute Gasteiger partial charge is 0.461 e. The number of piperazine rings is 1. The summed E-state index contributed by atoms with van der Waals surface area (Å²) in [5.41, 5.74) is 6.51. The van der Waals surface area contributed by atoms with Crippen molar-refractivity contribution in [2.45, 2.75) is 33.2 Å². The van der Waals surface area contributed by atoms with Gasteiger partial charge in [-0.25, -0.2) is 9.31 Å². The molecule has 1 atom stereocenters. The molecule has 0 N–H and O–H groups in total. The van der Waals surface area contributed by atoms with Crippen molar-refractivity contribution < 1.29 is 9.53 Å². The van der Waals surface area contributed by atoms with E-state index in [1.54, 1.807) is 11.4 Å². The monoisotopic (exact) mass is 580 g/mol. The number of nitrogens with zero attached hydrogens (tertiary/aromatic N) is 6. The van der Waals surface area contributed by atoms with Gasteiger partial charge in [0.1, 0.15) is 5.52 Å².